The van der Waals surface area contributed by atoms with Crippen LogP contribution in [0.2, 0.25) is 0 Å². The first-order chi connectivity index (χ1) is 20.4. The van der Waals surface area contributed by atoms with Gasteiger partial charge >= 0.3 is 0 Å². The predicted octanol–water partition coefficient (Wildman–Crippen LogP) is 4.34. The van der Waals surface area contributed by atoms with Gasteiger partial charge in [0.2, 0.25) is 11.8 Å². The number of carbonyl (C=O) groups is 2. The van der Waals surface area contributed by atoms with Gasteiger partial charge < -0.3 is 25.4 Å². The number of rotatable bonds is 11. The van der Waals surface area contributed by atoms with Crippen molar-refractivity contribution in [3.63, 3.8) is 0 Å². The molecule has 1 fully saturated rings. The SMILES string of the molecule is Cc1ccc(Oc2ccc(Nc3ncnc4ccc(NC(=O)CCCNC(=O)CN5CCOCC5)cc34)cc2C)cn1. The number of fused-ring (bicyclic) bond motifs is 1. The monoisotopic (exact) mass is 569 g/mol. The van der Waals surface area contributed by atoms with Crippen molar-refractivity contribution in [2.24, 2.45) is 0 Å². The van der Waals surface area contributed by atoms with Gasteiger partial charge in [0.1, 0.15) is 23.6 Å². The maximum Gasteiger partial charge on any atom is 0.234 e. The number of pyridine rings is 1. The minimum Gasteiger partial charge on any atom is -0.455 e. The van der Waals surface area contributed by atoms with Gasteiger partial charge in [0, 0.05) is 48.5 Å². The van der Waals surface area contributed by atoms with Crippen LogP contribution in [0.1, 0.15) is 24.1 Å². The molecule has 1 saturated heterocycles. The summed E-state index contributed by atoms with van der Waals surface area (Å²) in [5, 5.41) is 9.97. The van der Waals surface area contributed by atoms with Crippen LogP contribution in [-0.2, 0) is 14.3 Å². The van der Waals surface area contributed by atoms with Crippen molar-refractivity contribution in [2.45, 2.75) is 26.7 Å². The molecule has 0 radical (unpaired) electrons. The fourth-order valence-corrected chi connectivity index (χ4v) is 4.57. The summed E-state index contributed by atoms with van der Waals surface area (Å²) in [4.78, 5) is 39.9. The average Bonchev–Trinajstić information content (AvgIpc) is 2.99. The Morgan fingerprint density at radius 1 is 0.952 bits per heavy atom. The van der Waals surface area contributed by atoms with E-state index in [2.05, 4.69) is 35.8 Å². The van der Waals surface area contributed by atoms with Crippen molar-refractivity contribution in [1.29, 1.82) is 0 Å². The van der Waals surface area contributed by atoms with Gasteiger partial charge in [-0.25, -0.2) is 9.97 Å². The zero-order valence-corrected chi connectivity index (χ0v) is 23.9. The molecule has 0 spiro atoms. The fraction of sp³-hybridized carbons (Fsp3) is 0.323. The normalized spacial score (nSPS) is 13.5. The highest BCUT2D eigenvalue weighted by molar-refractivity contribution is 5.97. The van der Waals surface area contributed by atoms with Crippen LogP contribution in [0.5, 0.6) is 11.5 Å². The largest absolute Gasteiger partial charge is 0.455 e. The molecule has 3 heterocycles. The molecular weight excluding hydrogens is 534 g/mol. The van der Waals surface area contributed by atoms with Gasteiger partial charge in [-0.1, -0.05) is 0 Å². The van der Waals surface area contributed by atoms with Crippen molar-refractivity contribution in [1.82, 2.24) is 25.2 Å². The standard InChI is InChI=1S/C31H35N7O4/c1-21-16-23(7-10-28(21)42-25-8-5-22(2)33-18-25)37-31-26-17-24(6-9-27(26)34-20-35-31)36-29(39)4-3-11-32-30(40)19-38-12-14-41-15-13-38/h5-10,16-18,20H,3-4,11-15,19H2,1-2H3,(H,32,40)(H,36,39)(H,34,35,37). The van der Waals surface area contributed by atoms with E-state index in [4.69, 9.17) is 9.47 Å². The zero-order valence-electron chi connectivity index (χ0n) is 23.9. The Balaban J connectivity index is 1.16. The number of amides is 2. The summed E-state index contributed by atoms with van der Waals surface area (Å²) in [5.74, 6) is 1.87. The average molecular weight is 570 g/mol. The van der Waals surface area contributed by atoms with Gasteiger partial charge in [0.15, 0.2) is 0 Å². The predicted molar refractivity (Wildman–Crippen MR) is 161 cm³/mol. The number of hydrogen-bond acceptors (Lipinski definition) is 9. The van der Waals surface area contributed by atoms with E-state index in [-0.39, 0.29) is 11.8 Å². The Bertz CT molecular complexity index is 1540. The summed E-state index contributed by atoms with van der Waals surface area (Å²) in [5.41, 5.74) is 4.11. The van der Waals surface area contributed by atoms with E-state index in [0.29, 0.717) is 56.4 Å². The molecule has 0 aliphatic carbocycles. The second-order valence-electron chi connectivity index (χ2n) is 10.2. The van der Waals surface area contributed by atoms with E-state index < -0.39 is 0 Å². The number of nitrogens with one attached hydrogen (secondary N) is 3. The lowest BCUT2D eigenvalue weighted by atomic mass is 10.1. The molecule has 0 unspecified atom stereocenters. The quantitative estimate of drug-likeness (QED) is 0.226. The molecule has 1 aliphatic rings. The second-order valence-corrected chi connectivity index (χ2v) is 10.2. The number of nitrogens with zero attached hydrogens (tertiary/aromatic N) is 4. The van der Waals surface area contributed by atoms with Gasteiger partial charge in [0.25, 0.3) is 0 Å². The molecule has 42 heavy (non-hydrogen) atoms. The maximum atomic E-state index is 12.6. The Kier molecular flexibility index (Phi) is 9.52. The molecule has 1 aliphatic heterocycles. The van der Waals surface area contributed by atoms with Crippen LogP contribution in [0, 0.1) is 13.8 Å². The topological polar surface area (TPSA) is 131 Å². The van der Waals surface area contributed by atoms with Gasteiger partial charge in [0.05, 0.1) is 31.5 Å². The third-order valence-corrected chi connectivity index (χ3v) is 6.84. The van der Waals surface area contributed by atoms with Crippen LogP contribution in [-0.4, -0.2) is 71.1 Å². The number of aromatic nitrogens is 3. The summed E-state index contributed by atoms with van der Waals surface area (Å²) in [7, 11) is 0. The minimum atomic E-state index is -0.127. The van der Waals surface area contributed by atoms with Crippen LogP contribution in [0.15, 0.2) is 61.1 Å². The maximum absolute atomic E-state index is 12.6. The summed E-state index contributed by atoms with van der Waals surface area (Å²) < 4.78 is 11.3. The van der Waals surface area contributed by atoms with Crippen LogP contribution in [0.3, 0.4) is 0 Å². The van der Waals surface area contributed by atoms with Crippen molar-refractivity contribution in [3.8, 4) is 11.5 Å². The molecule has 218 valence electrons. The second kappa shape index (κ2) is 13.8. The Morgan fingerprint density at radius 3 is 2.57 bits per heavy atom. The zero-order chi connectivity index (χ0) is 29.3. The first-order valence-corrected chi connectivity index (χ1v) is 14.0. The summed E-state index contributed by atoms with van der Waals surface area (Å²) in [6, 6.07) is 15.1. The minimum absolute atomic E-state index is 0.0345. The molecule has 0 atom stereocenters. The van der Waals surface area contributed by atoms with Gasteiger partial charge in [-0.3, -0.25) is 19.5 Å². The summed E-state index contributed by atoms with van der Waals surface area (Å²) in [6.45, 7) is 7.54. The number of hydrogen-bond donors (Lipinski definition) is 3. The highest BCUT2D eigenvalue weighted by Gasteiger charge is 2.14. The lowest BCUT2D eigenvalue weighted by Gasteiger charge is -2.25. The van der Waals surface area contributed by atoms with Crippen molar-refractivity contribution in [3.05, 3.63) is 72.3 Å². The molecule has 11 heteroatoms. The lowest BCUT2D eigenvalue weighted by molar-refractivity contribution is -0.123. The van der Waals surface area contributed by atoms with E-state index in [9.17, 15) is 9.59 Å². The van der Waals surface area contributed by atoms with Crippen LogP contribution < -0.4 is 20.7 Å². The molecule has 5 rings (SSSR count). The third kappa shape index (κ3) is 7.99. The van der Waals surface area contributed by atoms with E-state index in [1.54, 1.807) is 6.20 Å². The van der Waals surface area contributed by atoms with Crippen molar-refractivity contribution in [2.75, 3.05) is 50.0 Å². The highest BCUT2D eigenvalue weighted by atomic mass is 16.5. The molecule has 2 aromatic heterocycles. The van der Waals surface area contributed by atoms with Gasteiger partial charge in [-0.2, -0.15) is 0 Å². The van der Waals surface area contributed by atoms with Crippen LogP contribution in [0.4, 0.5) is 17.2 Å². The third-order valence-electron chi connectivity index (χ3n) is 6.84. The van der Waals surface area contributed by atoms with E-state index in [1.165, 1.54) is 6.33 Å². The Labute approximate surface area is 244 Å². The smallest absolute Gasteiger partial charge is 0.234 e. The van der Waals surface area contributed by atoms with Crippen molar-refractivity contribution >= 4 is 39.9 Å². The molecule has 0 saturated carbocycles. The molecular formula is C31H35N7O4. The molecule has 0 bridgehead atoms. The van der Waals surface area contributed by atoms with Gasteiger partial charge in [-0.05, 0) is 74.4 Å². The van der Waals surface area contributed by atoms with Gasteiger partial charge in [-0.15, -0.1) is 0 Å². The molecule has 3 N–H and O–H groups in total. The van der Waals surface area contributed by atoms with Crippen LogP contribution in [0.25, 0.3) is 10.9 Å². The molecule has 2 aromatic carbocycles. The summed E-state index contributed by atoms with van der Waals surface area (Å²) >= 11 is 0. The number of morpholine rings is 1. The molecule has 4 aromatic rings. The fourth-order valence-electron chi connectivity index (χ4n) is 4.57. The number of anilines is 3. The number of carbonyl (C=O) groups excluding carboxylic acids is 2. The Hall–Kier alpha value is -4.61. The highest BCUT2D eigenvalue weighted by Crippen LogP contribution is 2.30. The molecule has 2 amide bonds. The first kappa shape index (κ1) is 28.9. The van der Waals surface area contributed by atoms with E-state index >= 15 is 0 Å². The summed E-state index contributed by atoms with van der Waals surface area (Å²) in [6.07, 6.45) is 4.04. The number of aryl methyl sites for hydroxylation is 2. The lowest BCUT2D eigenvalue weighted by Crippen LogP contribution is -2.43. The number of benzene rings is 2. The first-order valence-electron chi connectivity index (χ1n) is 14.0. The Morgan fingerprint density at radius 2 is 1.79 bits per heavy atom. The van der Waals surface area contributed by atoms with Crippen LogP contribution >= 0.6 is 0 Å². The van der Waals surface area contributed by atoms with E-state index in [1.807, 2.05) is 62.4 Å². The molecule has 11 nitrogen and oxygen atoms in total. The van der Waals surface area contributed by atoms with E-state index in [0.717, 1.165) is 46.7 Å². The number of ether oxygens (including phenoxy) is 2. The van der Waals surface area contributed by atoms with Crippen molar-refractivity contribution < 1.29 is 19.1 Å².